The van der Waals surface area contributed by atoms with Crippen LogP contribution in [0.3, 0.4) is 0 Å². The molecule has 1 amide bonds. The standard InChI is InChI=1S/C11H16BNO4/c1-11(2,3)17-10(14)13-9-7-5-4-6-8(9)12(15)16/h4-7,15-16H,1-3H3,(H,13,14). The lowest BCUT2D eigenvalue weighted by molar-refractivity contribution is 0.0636. The second-order valence-corrected chi connectivity index (χ2v) is 4.59. The van der Waals surface area contributed by atoms with E-state index in [9.17, 15) is 4.79 Å². The molecule has 0 aliphatic carbocycles. The van der Waals surface area contributed by atoms with Gasteiger partial charge in [0.25, 0.3) is 0 Å². The fraction of sp³-hybridized carbons (Fsp3) is 0.364. The summed E-state index contributed by atoms with van der Waals surface area (Å²) in [5.41, 5.74) is -0.0632. The highest BCUT2D eigenvalue weighted by Gasteiger charge is 2.20. The lowest BCUT2D eigenvalue weighted by Crippen LogP contribution is -2.35. The van der Waals surface area contributed by atoms with Crippen LogP contribution in [0.15, 0.2) is 24.3 Å². The molecule has 0 aliphatic heterocycles. The van der Waals surface area contributed by atoms with E-state index in [1.807, 2.05) is 0 Å². The molecule has 92 valence electrons. The van der Waals surface area contributed by atoms with E-state index in [0.717, 1.165) is 0 Å². The second-order valence-electron chi connectivity index (χ2n) is 4.59. The first kappa shape index (κ1) is 13.5. The van der Waals surface area contributed by atoms with E-state index < -0.39 is 18.8 Å². The van der Waals surface area contributed by atoms with Gasteiger partial charge in [-0.05, 0) is 26.8 Å². The van der Waals surface area contributed by atoms with Gasteiger partial charge in [-0.3, -0.25) is 5.32 Å². The van der Waals surface area contributed by atoms with Crippen LogP contribution in [-0.2, 0) is 4.74 Å². The van der Waals surface area contributed by atoms with Gasteiger partial charge in [-0.25, -0.2) is 4.79 Å². The molecule has 0 fully saturated rings. The molecule has 1 aromatic carbocycles. The molecule has 0 bridgehead atoms. The topological polar surface area (TPSA) is 78.8 Å². The van der Waals surface area contributed by atoms with Gasteiger partial charge in [-0.15, -0.1) is 0 Å². The molecule has 0 saturated heterocycles. The first-order chi connectivity index (χ1) is 7.79. The van der Waals surface area contributed by atoms with Crippen molar-refractivity contribution >= 4 is 24.4 Å². The first-order valence-electron chi connectivity index (χ1n) is 5.24. The van der Waals surface area contributed by atoms with Crippen LogP contribution < -0.4 is 10.8 Å². The Labute approximate surface area is 101 Å². The summed E-state index contributed by atoms with van der Waals surface area (Å²) in [6.45, 7) is 5.25. The molecule has 17 heavy (non-hydrogen) atoms. The molecule has 0 aromatic heterocycles. The van der Waals surface area contributed by atoms with Crippen LogP contribution in [0.2, 0.25) is 0 Å². The molecular weight excluding hydrogens is 221 g/mol. The Hall–Kier alpha value is -1.53. The zero-order valence-corrected chi connectivity index (χ0v) is 10.1. The molecule has 0 unspecified atom stereocenters. The zero-order valence-electron chi connectivity index (χ0n) is 10.1. The van der Waals surface area contributed by atoms with Crippen molar-refractivity contribution in [2.75, 3.05) is 5.32 Å². The second kappa shape index (κ2) is 5.20. The monoisotopic (exact) mass is 237 g/mol. The van der Waals surface area contributed by atoms with Crippen LogP contribution in [0.25, 0.3) is 0 Å². The van der Waals surface area contributed by atoms with E-state index in [0.29, 0.717) is 5.69 Å². The number of hydrogen-bond acceptors (Lipinski definition) is 4. The number of hydrogen-bond donors (Lipinski definition) is 3. The number of para-hydroxylation sites is 1. The molecule has 0 atom stereocenters. The minimum absolute atomic E-state index is 0.221. The van der Waals surface area contributed by atoms with E-state index in [1.165, 1.54) is 6.07 Å². The molecule has 0 saturated carbocycles. The van der Waals surface area contributed by atoms with Crippen molar-refractivity contribution in [1.29, 1.82) is 0 Å². The lowest BCUT2D eigenvalue weighted by atomic mass is 9.79. The van der Waals surface area contributed by atoms with Gasteiger partial charge < -0.3 is 14.8 Å². The number of nitrogens with one attached hydrogen (secondary N) is 1. The summed E-state index contributed by atoms with van der Waals surface area (Å²) in [7, 11) is -1.64. The molecule has 1 aromatic rings. The van der Waals surface area contributed by atoms with Gasteiger partial charge in [0.15, 0.2) is 0 Å². The summed E-state index contributed by atoms with van der Waals surface area (Å²) in [4.78, 5) is 11.5. The third kappa shape index (κ3) is 4.46. The van der Waals surface area contributed by atoms with Crippen LogP contribution in [0.4, 0.5) is 10.5 Å². The zero-order chi connectivity index (χ0) is 13.1. The smallest absolute Gasteiger partial charge is 0.444 e. The van der Waals surface area contributed by atoms with Crippen molar-refractivity contribution in [3.05, 3.63) is 24.3 Å². The normalized spacial score (nSPS) is 10.9. The Kier molecular flexibility index (Phi) is 4.14. The van der Waals surface area contributed by atoms with E-state index >= 15 is 0 Å². The number of benzene rings is 1. The van der Waals surface area contributed by atoms with Crippen molar-refractivity contribution < 1.29 is 19.6 Å². The number of amides is 1. The van der Waals surface area contributed by atoms with E-state index in [2.05, 4.69) is 5.32 Å². The van der Waals surface area contributed by atoms with Gasteiger partial charge >= 0.3 is 13.2 Å². The fourth-order valence-corrected chi connectivity index (χ4v) is 1.25. The SMILES string of the molecule is CC(C)(C)OC(=O)Nc1ccccc1B(O)O. The average Bonchev–Trinajstić information content (AvgIpc) is 2.14. The van der Waals surface area contributed by atoms with Crippen LogP contribution in [-0.4, -0.2) is 28.9 Å². The summed E-state index contributed by atoms with van der Waals surface area (Å²) in [6.07, 6.45) is -0.634. The van der Waals surface area contributed by atoms with Crippen LogP contribution in [0, 0.1) is 0 Å². The van der Waals surface area contributed by atoms with Crippen LogP contribution in [0.5, 0.6) is 0 Å². The van der Waals surface area contributed by atoms with Crippen molar-refractivity contribution in [3.63, 3.8) is 0 Å². The van der Waals surface area contributed by atoms with Gasteiger partial charge in [0.2, 0.25) is 0 Å². The average molecular weight is 237 g/mol. The molecule has 0 radical (unpaired) electrons. The third-order valence-electron chi connectivity index (χ3n) is 1.87. The summed E-state index contributed by atoms with van der Waals surface area (Å²) < 4.78 is 5.06. The minimum atomic E-state index is -1.64. The Morgan fingerprint density at radius 2 is 1.88 bits per heavy atom. The molecule has 3 N–H and O–H groups in total. The van der Waals surface area contributed by atoms with Crippen LogP contribution >= 0.6 is 0 Å². The third-order valence-corrected chi connectivity index (χ3v) is 1.87. The fourth-order valence-electron chi connectivity index (χ4n) is 1.25. The lowest BCUT2D eigenvalue weighted by Gasteiger charge is -2.20. The van der Waals surface area contributed by atoms with Crippen molar-refractivity contribution in [2.45, 2.75) is 26.4 Å². The predicted octanol–water partition coefficient (Wildman–Crippen LogP) is 0.713. The van der Waals surface area contributed by atoms with Crippen molar-refractivity contribution in [2.24, 2.45) is 0 Å². The quantitative estimate of drug-likeness (QED) is 0.662. The van der Waals surface area contributed by atoms with E-state index in [-0.39, 0.29) is 5.46 Å². The molecule has 0 spiro atoms. The molecule has 0 heterocycles. The highest BCUT2D eigenvalue weighted by atomic mass is 16.6. The number of carbonyl (C=O) groups excluding carboxylic acids is 1. The summed E-state index contributed by atoms with van der Waals surface area (Å²) in [5.74, 6) is 0. The molecule has 5 nitrogen and oxygen atoms in total. The highest BCUT2D eigenvalue weighted by Crippen LogP contribution is 2.10. The number of ether oxygens (including phenoxy) is 1. The summed E-state index contributed by atoms with van der Waals surface area (Å²) >= 11 is 0. The van der Waals surface area contributed by atoms with Crippen molar-refractivity contribution in [3.8, 4) is 0 Å². The number of carbonyl (C=O) groups is 1. The molecule has 6 heteroatoms. The number of rotatable bonds is 2. The molecule has 0 aliphatic rings. The first-order valence-corrected chi connectivity index (χ1v) is 5.24. The van der Waals surface area contributed by atoms with Gasteiger partial charge in [-0.1, -0.05) is 18.2 Å². The van der Waals surface area contributed by atoms with E-state index in [1.54, 1.807) is 39.0 Å². The van der Waals surface area contributed by atoms with Gasteiger partial charge in [0.1, 0.15) is 5.60 Å². The summed E-state index contributed by atoms with van der Waals surface area (Å²) in [5, 5.41) is 20.7. The maximum Gasteiger partial charge on any atom is 0.490 e. The Morgan fingerprint density at radius 3 is 2.41 bits per heavy atom. The molecule has 1 rings (SSSR count). The van der Waals surface area contributed by atoms with E-state index in [4.69, 9.17) is 14.8 Å². The predicted molar refractivity (Wildman–Crippen MR) is 66.1 cm³/mol. The Bertz CT molecular complexity index is 401. The summed E-state index contributed by atoms with van der Waals surface area (Å²) in [6, 6.07) is 6.41. The molecular formula is C11H16BNO4. The highest BCUT2D eigenvalue weighted by molar-refractivity contribution is 6.60. The van der Waals surface area contributed by atoms with Gasteiger partial charge in [0, 0.05) is 11.2 Å². The minimum Gasteiger partial charge on any atom is -0.444 e. The van der Waals surface area contributed by atoms with Gasteiger partial charge in [0.05, 0.1) is 0 Å². The largest absolute Gasteiger partial charge is 0.490 e. The van der Waals surface area contributed by atoms with Crippen molar-refractivity contribution in [1.82, 2.24) is 0 Å². The maximum absolute atomic E-state index is 11.5. The Morgan fingerprint density at radius 1 is 1.29 bits per heavy atom. The van der Waals surface area contributed by atoms with Gasteiger partial charge in [-0.2, -0.15) is 0 Å². The maximum atomic E-state index is 11.5. The van der Waals surface area contributed by atoms with Crippen LogP contribution in [0.1, 0.15) is 20.8 Å². The number of anilines is 1. The Balaban J connectivity index is 2.78.